The molecule has 0 unspecified atom stereocenters. The molecule has 0 saturated carbocycles. The summed E-state index contributed by atoms with van der Waals surface area (Å²) in [6.07, 6.45) is 0.865. The first-order valence-electron chi connectivity index (χ1n) is 15.8. The maximum atomic E-state index is 14.7. The Balaban J connectivity index is 1.87. The van der Waals surface area contributed by atoms with Crippen LogP contribution in [0.3, 0.4) is 0 Å². The Morgan fingerprint density at radius 2 is 1.53 bits per heavy atom. The quantitative estimate of drug-likeness (QED) is 0.142. The highest BCUT2D eigenvalue weighted by atomic mass is 35.5. The molecule has 0 fully saturated rings. The van der Waals surface area contributed by atoms with E-state index in [1.54, 1.807) is 30.3 Å². The normalized spacial score (nSPS) is 11.8. The molecule has 0 aliphatic heterocycles. The molecule has 0 heterocycles. The SMILES string of the molecule is CCCNC(=O)[C@@H](Cc1ccccc1)N(Cc1ccc(Cl)cc1Cl)C(=O)CN(c1cc(C)cc(C)c1)S(=O)(=O)c1ccc(OC)c(OC)c1. The number of hydrogen-bond acceptors (Lipinski definition) is 6. The van der Waals surface area contributed by atoms with Gasteiger partial charge < -0.3 is 19.7 Å². The van der Waals surface area contributed by atoms with Gasteiger partial charge in [0, 0.05) is 35.6 Å². The molecule has 0 aliphatic rings. The van der Waals surface area contributed by atoms with Crippen LogP contribution in [0.5, 0.6) is 11.5 Å². The summed E-state index contributed by atoms with van der Waals surface area (Å²) in [5.41, 5.74) is 3.27. The molecule has 260 valence electrons. The largest absolute Gasteiger partial charge is 0.493 e. The smallest absolute Gasteiger partial charge is 0.264 e. The van der Waals surface area contributed by atoms with Gasteiger partial charge in [-0.3, -0.25) is 13.9 Å². The van der Waals surface area contributed by atoms with E-state index >= 15 is 0 Å². The first-order valence-corrected chi connectivity index (χ1v) is 18.0. The Hall–Kier alpha value is -4.25. The van der Waals surface area contributed by atoms with Crippen molar-refractivity contribution in [1.29, 1.82) is 0 Å². The molecule has 12 heteroatoms. The molecule has 0 bridgehead atoms. The number of amides is 2. The summed E-state index contributed by atoms with van der Waals surface area (Å²) in [4.78, 5) is 29.9. The topological polar surface area (TPSA) is 105 Å². The zero-order chi connectivity index (χ0) is 35.7. The molecule has 1 N–H and O–H groups in total. The fraction of sp³-hybridized carbons (Fsp3) is 0.297. The van der Waals surface area contributed by atoms with Gasteiger partial charge in [0.25, 0.3) is 10.0 Å². The van der Waals surface area contributed by atoms with Gasteiger partial charge in [0.15, 0.2) is 11.5 Å². The number of sulfonamides is 1. The van der Waals surface area contributed by atoms with Crippen molar-refractivity contribution in [3.63, 3.8) is 0 Å². The Morgan fingerprint density at radius 3 is 2.14 bits per heavy atom. The van der Waals surface area contributed by atoms with E-state index in [-0.39, 0.29) is 29.5 Å². The van der Waals surface area contributed by atoms with Crippen molar-refractivity contribution in [3.8, 4) is 11.5 Å². The number of rotatable bonds is 15. The fourth-order valence-corrected chi connectivity index (χ4v) is 7.36. The second kappa shape index (κ2) is 16.9. The van der Waals surface area contributed by atoms with Crippen molar-refractivity contribution in [2.24, 2.45) is 0 Å². The van der Waals surface area contributed by atoms with E-state index < -0.39 is 28.5 Å². The Kier molecular flexibility index (Phi) is 13.0. The van der Waals surface area contributed by atoms with Gasteiger partial charge in [0.05, 0.1) is 24.8 Å². The van der Waals surface area contributed by atoms with Crippen LogP contribution >= 0.6 is 23.2 Å². The van der Waals surface area contributed by atoms with Crippen molar-refractivity contribution >= 4 is 50.7 Å². The van der Waals surface area contributed by atoms with Crippen LogP contribution < -0.4 is 19.1 Å². The summed E-state index contributed by atoms with van der Waals surface area (Å²) < 4.78 is 40.8. The average molecular weight is 727 g/mol. The van der Waals surface area contributed by atoms with Crippen LogP contribution in [-0.4, -0.2) is 58.5 Å². The Bertz CT molecular complexity index is 1870. The van der Waals surface area contributed by atoms with Crippen LogP contribution in [0.25, 0.3) is 0 Å². The van der Waals surface area contributed by atoms with E-state index in [0.29, 0.717) is 40.0 Å². The third kappa shape index (κ3) is 9.47. The van der Waals surface area contributed by atoms with Crippen LogP contribution in [-0.2, 0) is 32.6 Å². The van der Waals surface area contributed by atoms with Crippen molar-refractivity contribution in [2.45, 2.75) is 51.1 Å². The van der Waals surface area contributed by atoms with E-state index in [1.165, 1.54) is 37.3 Å². The molecule has 49 heavy (non-hydrogen) atoms. The highest BCUT2D eigenvalue weighted by Gasteiger charge is 2.35. The highest BCUT2D eigenvalue weighted by Crippen LogP contribution is 2.33. The molecule has 1 atom stereocenters. The minimum Gasteiger partial charge on any atom is -0.493 e. The maximum Gasteiger partial charge on any atom is 0.264 e. The first-order chi connectivity index (χ1) is 23.4. The van der Waals surface area contributed by atoms with Crippen LogP contribution in [0.1, 0.15) is 35.6 Å². The summed E-state index contributed by atoms with van der Waals surface area (Å²) in [5, 5.41) is 3.65. The second-order valence-corrected chi connectivity index (χ2v) is 14.3. The van der Waals surface area contributed by atoms with Gasteiger partial charge in [-0.15, -0.1) is 0 Å². The van der Waals surface area contributed by atoms with E-state index in [9.17, 15) is 18.0 Å². The third-order valence-electron chi connectivity index (χ3n) is 7.89. The third-order valence-corrected chi connectivity index (χ3v) is 10.2. The Morgan fingerprint density at radius 1 is 0.857 bits per heavy atom. The minimum absolute atomic E-state index is 0.0804. The molecule has 9 nitrogen and oxygen atoms in total. The summed E-state index contributed by atoms with van der Waals surface area (Å²) in [6, 6.07) is 22.8. The average Bonchev–Trinajstić information content (AvgIpc) is 3.07. The molecule has 4 rings (SSSR count). The lowest BCUT2D eigenvalue weighted by molar-refractivity contribution is -0.140. The van der Waals surface area contributed by atoms with Crippen molar-refractivity contribution in [1.82, 2.24) is 10.2 Å². The standard InChI is InChI=1S/C37H41Cl2N3O6S/c1-6-16-40-37(44)33(20-27-10-8-7-9-11-27)41(23-28-12-13-29(38)21-32(28)39)36(43)24-42(30-18-25(2)17-26(3)19-30)49(45,46)31-14-15-34(47-4)35(22-31)48-5/h7-15,17-19,21-22,33H,6,16,20,23-24H2,1-5H3,(H,40,44)/t33-/m1/s1. The molecular weight excluding hydrogens is 685 g/mol. The number of ether oxygens (including phenoxy) is 2. The molecule has 0 aromatic heterocycles. The highest BCUT2D eigenvalue weighted by molar-refractivity contribution is 7.92. The number of carbonyl (C=O) groups excluding carboxylic acids is 2. The first kappa shape index (κ1) is 37.6. The molecule has 0 radical (unpaired) electrons. The monoisotopic (exact) mass is 725 g/mol. The van der Waals surface area contributed by atoms with Crippen LogP contribution in [0, 0.1) is 13.8 Å². The lowest BCUT2D eigenvalue weighted by atomic mass is 10.0. The van der Waals surface area contributed by atoms with E-state index in [1.807, 2.05) is 57.2 Å². The Labute approximate surface area is 298 Å². The number of carbonyl (C=O) groups is 2. The summed E-state index contributed by atoms with van der Waals surface area (Å²) in [5.74, 6) is -0.417. The number of nitrogens with zero attached hydrogens (tertiary/aromatic N) is 2. The molecule has 0 spiro atoms. The number of nitrogens with one attached hydrogen (secondary N) is 1. The van der Waals surface area contributed by atoms with Gasteiger partial charge in [-0.25, -0.2) is 8.42 Å². The van der Waals surface area contributed by atoms with Crippen molar-refractivity contribution in [3.05, 3.63) is 117 Å². The molecule has 2 amide bonds. The van der Waals surface area contributed by atoms with Gasteiger partial charge in [-0.2, -0.15) is 0 Å². The molecular formula is C37H41Cl2N3O6S. The number of hydrogen-bond donors (Lipinski definition) is 1. The summed E-state index contributed by atoms with van der Waals surface area (Å²) >= 11 is 12.8. The number of halogens is 2. The van der Waals surface area contributed by atoms with Gasteiger partial charge in [0.2, 0.25) is 11.8 Å². The van der Waals surface area contributed by atoms with Crippen molar-refractivity contribution in [2.75, 3.05) is 31.6 Å². The van der Waals surface area contributed by atoms with E-state index in [4.69, 9.17) is 32.7 Å². The zero-order valence-electron chi connectivity index (χ0n) is 28.2. The van der Waals surface area contributed by atoms with E-state index in [2.05, 4.69) is 5.32 Å². The molecule has 4 aromatic carbocycles. The lowest BCUT2D eigenvalue weighted by Gasteiger charge is -2.34. The zero-order valence-corrected chi connectivity index (χ0v) is 30.5. The minimum atomic E-state index is -4.37. The number of benzene rings is 4. The lowest BCUT2D eigenvalue weighted by Crippen LogP contribution is -2.53. The van der Waals surface area contributed by atoms with Gasteiger partial charge >= 0.3 is 0 Å². The molecule has 0 aliphatic carbocycles. The van der Waals surface area contributed by atoms with E-state index in [0.717, 1.165) is 21.0 Å². The van der Waals surface area contributed by atoms with Gasteiger partial charge in [0.1, 0.15) is 12.6 Å². The fourth-order valence-electron chi connectivity index (χ4n) is 5.48. The second-order valence-electron chi connectivity index (χ2n) is 11.6. The summed E-state index contributed by atoms with van der Waals surface area (Å²) in [6.45, 7) is 5.34. The number of anilines is 1. The number of aryl methyl sites for hydroxylation is 2. The molecule has 0 saturated heterocycles. The van der Waals surface area contributed by atoms with Crippen LogP contribution in [0.2, 0.25) is 10.0 Å². The predicted octanol–water partition coefficient (Wildman–Crippen LogP) is 6.99. The summed E-state index contributed by atoms with van der Waals surface area (Å²) in [7, 11) is -1.51. The van der Waals surface area contributed by atoms with Gasteiger partial charge in [-0.1, -0.05) is 72.6 Å². The van der Waals surface area contributed by atoms with Crippen LogP contribution in [0.15, 0.2) is 89.8 Å². The predicted molar refractivity (Wildman–Crippen MR) is 194 cm³/mol. The maximum absolute atomic E-state index is 14.7. The van der Waals surface area contributed by atoms with Gasteiger partial charge in [-0.05, 0) is 78.9 Å². The number of methoxy groups -OCH3 is 2. The van der Waals surface area contributed by atoms with Crippen molar-refractivity contribution < 1.29 is 27.5 Å². The van der Waals surface area contributed by atoms with Crippen LogP contribution in [0.4, 0.5) is 5.69 Å². The molecule has 4 aromatic rings.